The SMILES string of the molecule is CCOC(=O)N1C(=O)c2cc(N)c(C#Cc3ccc(C(=O)OC)cc3N)cc2C1=O. The molecule has 9 nitrogen and oxygen atoms in total. The molecule has 1 aliphatic rings. The predicted molar refractivity (Wildman–Crippen MR) is 107 cm³/mol. The minimum absolute atomic E-state index is 0.000522. The molecule has 0 atom stereocenters. The van der Waals surface area contributed by atoms with Crippen LogP contribution < -0.4 is 11.5 Å². The molecular weight excluding hydrogens is 390 g/mol. The fraction of sp³-hybridized carbons (Fsp3) is 0.143. The van der Waals surface area contributed by atoms with Gasteiger partial charge in [-0.25, -0.2) is 9.59 Å². The molecule has 0 saturated heterocycles. The van der Waals surface area contributed by atoms with Crippen molar-refractivity contribution in [1.82, 2.24) is 4.90 Å². The predicted octanol–water partition coefficient (Wildman–Crippen LogP) is 1.79. The number of methoxy groups -OCH3 is 1. The Morgan fingerprint density at radius 3 is 2.17 bits per heavy atom. The standard InChI is InChI=1S/C21H17N3O6/c1-3-30-21(28)24-18(25)14-8-12(17(23)10-15(14)19(24)26)6-4-11-5-7-13(9-16(11)22)20(27)29-2/h5,7-10H,3,22-23H2,1-2H3. The fourth-order valence-corrected chi connectivity index (χ4v) is 2.82. The van der Waals surface area contributed by atoms with E-state index in [9.17, 15) is 19.2 Å². The summed E-state index contributed by atoms with van der Waals surface area (Å²) in [5.74, 6) is 3.48. The Morgan fingerprint density at radius 1 is 0.967 bits per heavy atom. The summed E-state index contributed by atoms with van der Waals surface area (Å²) < 4.78 is 9.39. The third kappa shape index (κ3) is 3.54. The number of amides is 3. The lowest BCUT2D eigenvalue weighted by molar-refractivity contribution is 0.0584. The molecule has 0 aliphatic carbocycles. The van der Waals surface area contributed by atoms with E-state index >= 15 is 0 Å². The Morgan fingerprint density at radius 2 is 1.57 bits per heavy atom. The van der Waals surface area contributed by atoms with Gasteiger partial charge in [0.25, 0.3) is 11.8 Å². The molecule has 0 unspecified atom stereocenters. The summed E-state index contributed by atoms with van der Waals surface area (Å²) >= 11 is 0. The summed E-state index contributed by atoms with van der Waals surface area (Å²) in [5.41, 5.74) is 13.3. The highest BCUT2D eigenvalue weighted by Crippen LogP contribution is 2.28. The molecule has 4 N–H and O–H groups in total. The number of imide groups is 3. The molecule has 0 aromatic heterocycles. The van der Waals surface area contributed by atoms with Crippen LogP contribution in [0.2, 0.25) is 0 Å². The number of anilines is 2. The van der Waals surface area contributed by atoms with Crippen molar-refractivity contribution in [3.8, 4) is 11.8 Å². The van der Waals surface area contributed by atoms with Crippen molar-refractivity contribution < 1.29 is 28.7 Å². The smallest absolute Gasteiger partial charge is 0.424 e. The van der Waals surface area contributed by atoms with Crippen molar-refractivity contribution in [3.05, 3.63) is 58.1 Å². The Balaban J connectivity index is 1.95. The molecule has 30 heavy (non-hydrogen) atoms. The Kier molecular flexibility index (Phi) is 5.42. The largest absolute Gasteiger partial charge is 0.465 e. The van der Waals surface area contributed by atoms with Crippen molar-refractivity contribution >= 4 is 35.3 Å². The maximum Gasteiger partial charge on any atom is 0.424 e. The first-order valence-corrected chi connectivity index (χ1v) is 8.77. The van der Waals surface area contributed by atoms with Gasteiger partial charge in [-0.3, -0.25) is 9.59 Å². The van der Waals surface area contributed by atoms with Gasteiger partial charge in [-0.15, -0.1) is 0 Å². The molecule has 0 bridgehead atoms. The van der Waals surface area contributed by atoms with Gasteiger partial charge >= 0.3 is 12.1 Å². The maximum absolute atomic E-state index is 12.5. The third-order valence-electron chi connectivity index (χ3n) is 4.31. The molecule has 0 fully saturated rings. The molecule has 0 radical (unpaired) electrons. The quantitative estimate of drug-likeness (QED) is 0.332. The minimum atomic E-state index is -1.05. The first-order valence-electron chi connectivity index (χ1n) is 8.77. The van der Waals surface area contributed by atoms with E-state index in [4.69, 9.17) is 16.2 Å². The second-order valence-corrected chi connectivity index (χ2v) is 6.17. The van der Waals surface area contributed by atoms with Gasteiger partial charge in [-0.05, 0) is 37.3 Å². The number of carbonyl (C=O) groups is 4. The van der Waals surface area contributed by atoms with Crippen molar-refractivity contribution in [2.45, 2.75) is 6.92 Å². The average Bonchev–Trinajstić information content (AvgIpc) is 2.96. The van der Waals surface area contributed by atoms with Crippen molar-refractivity contribution in [2.24, 2.45) is 0 Å². The zero-order chi connectivity index (χ0) is 22.0. The van der Waals surface area contributed by atoms with Crippen LogP contribution in [0.4, 0.5) is 16.2 Å². The summed E-state index contributed by atoms with van der Waals surface area (Å²) in [5, 5.41) is 0. The maximum atomic E-state index is 12.5. The summed E-state index contributed by atoms with van der Waals surface area (Å²) in [6.45, 7) is 1.58. The number of nitrogen functional groups attached to an aromatic ring is 2. The number of rotatable bonds is 2. The summed E-state index contributed by atoms with van der Waals surface area (Å²) in [6, 6.07) is 7.13. The Hall–Kier alpha value is -4.32. The number of hydrogen-bond acceptors (Lipinski definition) is 8. The highest BCUT2D eigenvalue weighted by atomic mass is 16.6. The molecular formula is C21H17N3O6. The van der Waals surface area contributed by atoms with Gasteiger partial charge in [0.05, 0.1) is 30.4 Å². The molecule has 3 amide bonds. The average molecular weight is 407 g/mol. The lowest BCUT2D eigenvalue weighted by Crippen LogP contribution is -2.36. The molecule has 1 heterocycles. The minimum Gasteiger partial charge on any atom is -0.465 e. The molecule has 152 valence electrons. The third-order valence-corrected chi connectivity index (χ3v) is 4.31. The van der Waals surface area contributed by atoms with Crippen LogP contribution in [0.25, 0.3) is 0 Å². The van der Waals surface area contributed by atoms with Crippen molar-refractivity contribution in [3.63, 3.8) is 0 Å². The van der Waals surface area contributed by atoms with Crippen LogP contribution in [0.3, 0.4) is 0 Å². The van der Waals surface area contributed by atoms with E-state index in [2.05, 4.69) is 16.6 Å². The van der Waals surface area contributed by atoms with Crippen LogP contribution in [0.5, 0.6) is 0 Å². The van der Waals surface area contributed by atoms with E-state index in [1.165, 1.54) is 31.4 Å². The number of benzene rings is 2. The van der Waals surface area contributed by atoms with E-state index in [0.717, 1.165) is 0 Å². The number of fused-ring (bicyclic) bond motifs is 1. The van der Waals surface area contributed by atoms with E-state index in [1.54, 1.807) is 13.0 Å². The lowest BCUT2D eigenvalue weighted by Gasteiger charge is -2.10. The molecule has 3 rings (SSSR count). The van der Waals surface area contributed by atoms with Crippen molar-refractivity contribution in [2.75, 3.05) is 25.2 Å². The fourth-order valence-electron chi connectivity index (χ4n) is 2.82. The van der Waals surface area contributed by atoms with E-state index in [0.29, 0.717) is 10.5 Å². The zero-order valence-electron chi connectivity index (χ0n) is 16.1. The van der Waals surface area contributed by atoms with Crippen LogP contribution in [0.1, 0.15) is 49.1 Å². The van der Waals surface area contributed by atoms with E-state index in [-0.39, 0.29) is 40.2 Å². The summed E-state index contributed by atoms with van der Waals surface area (Å²) in [6.07, 6.45) is -1.05. The van der Waals surface area contributed by atoms with Gasteiger partial charge in [0.2, 0.25) is 0 Å². The molecule has 0 spiro atoms. The van der Waals surface area contributed by atoms with Gasteiger partial charge in [0.1, 0.15) is 0 Å². The number of nitrogens with two attached hydrogens (primary N) is 2. The topological polar surface area (TPSA) is 142 Å². The van der Waals surface area contributed by atoms with Crippen LogP contribution in [-0.2, 0) is 9.47 Å². The van der Waals surface area contributed by atoms with Crippen LogP contribution in [-0.4, -0.2) is 42.5 Å². The highest BCUT2D eigenvalue weighted by Gasteiger charge is 2.41. The number of nitrogens with zero attached hydrogens (tertiary/aromatic N) is 1. The first-order chi connectivity index (χ1) is 14.3. The summed E-state index contributed by atoms with van der Waals surface area (Å²) in [4.78, 5) is 48.8. The lowest BCUT2D eigenvalue weighted by atomic mass is 10.0. The van der Waals surface area contributed by atoms with Gasteiger partial charge in [-0.1, -0.05) is 11.8 Å². The Bertz CT molecular complexity index is 1160. The monoisotopic (exact) mass is 407 g/mol. The van der Waals surface area contributed by atoms with Crippen LogP contribution in [0.15, 0.2) is 30.3 Å². The van der Waals surface area contributed by atoms with Gasteiger partial charge in [-0.2, -0.15) is 4.90 Å². The molecule has 2 aromatic carbocycles. The van der Waals surface area contributed by atoms with Gasteiger partial charge in [0, 0.05) is 22.5 Å². The number of esters is 1. The Labute approximate surface area is 171 Å². The zero-order valence-corrected chi connectivity index (χ0v) is 16.1. The number of ether oxygens (including phenoxy) is 2. The second-order valence-electron chi connectivity index (χ2n) is 6.17. The van der Waals surface area contributed by atoms with Crippen molar-refractivity contribution in [1.29, 1.82) is 0 Å². The van der Waals surface area contributed by atoms with E-state index in [1.807, 2.05) is 0 Å². The van der Waals surface area contributed by atoms with Crippen LogP contribution in [0, 0.1) is 11.8 Å². The summed E-state index contributed by atoms with van der Waals surface area (Å²) in [7, 11) is 1.26. The van der Waals surface area contributed by atoms with Gasteiger partial charge < -0.3 is 20.9 Å². The molecule has 9 heteroatoms. The second kappa shape index (κ2) is 7.97. The van der Waals surface area contributed by atoms with Gasteiger partial charge in [0.15, 0.2) is 0 Å². The molecule has 0 saturated carbocycles. The normalized spacial score (nSPS) is 12.1. The van der Waals surface area contributed by atoms with Crippen LogP contribution >= 0.6 is 0 Å². The highest BCUT2D eigenvalue weighted by molar-refractivity contribution is 6.28. The molecule has 1 aliphatic heterocycles. The number of hydrogen-bond donors (Lipinski definition) is 2. The first kappa shape index (κ1) is 20.4. The van der Waals surface area contributed by atoms with E-state index < -0.39 is 23.9 Å². The molecule has 2 aromatic rings. The number of carbonyl (C=O) groups excluding carboxylic acids is 4.